The molecule has 5 heteroatoms. The zero-order valence-corrected chi connectivity index (χ0v) is 12.1. The van der Waals surface area contributed by atoms with Crippen LogP contribution < -0.4 is 5.73 Å². The standard InChI is InChI=1S/C14H16ClN3S/c15-12-5-6-14(16)17-13(12)9-18(10-3-4-10)8-11-2-1-7-19-11/h1-2,5-7,10H,3-4,8-9H2,(H2,16,17). The zero-order chi connectivity index (χ0) is 13.2. The lowest BCUT2D eigenvalue weighted by Gasteiger charge is -2.21. The van der Waals surface area contributed by atoms with Crippen molar-refractivity contribution in [3.63, 3.8) is 0 Å². The molecule has 0 amide bonds. The number of thiophene rings is 1. The fourth-order valence-corrected chi connectivity index (χ4v) is 3.06. The molecule has 0 aromatic carbocycles. The van der Waals surface area contributed by atoms with Crippen LogP contribution in [0.2, 0.25) is 5.02 Å². The molecular weight excluding hydrogens is 278 g/mol. The van der Waals surface area contributed by atoms with E-state index in [1.54, 1.807) is 17.4 Å². The summed E-state index contributed by atoms with van der Waals surface area (Å²) in [5.74, 6) is 0.534. The van der Waals surface area contributed by atoms with Crippen LogP contribution in [-0.4, -0.2) is 15.9 Å². The van der Waals surface area contributed by atoms with Gasteiger partial charge >= 0.3 is 0 Å². The molecule has 19 heavy (non-hydrogen) atoms. The summed E-state index contributed by atoms with van der Waals surface area (Å²) in [5, 5.41) is 2.82. The van der Waals surface area contributed by atoms with Crippen LogP contribution >= 0.6 is 22.9 Å². The molecule has 100 valence electrons. The Morgan fingerprint density at radius 2 is 2.16 bits per heavy atom. The molecule has 2 aromatic rings. The predicted molar refractivity (Wildman–Crippen MR) is 80.2 cm³/mol. The lowest BCUT2D eigenvalue weighted by molar-refractivity contribution is 0.245. The number of hydrogen-bond acceptors (Lipinski definition) is 4. The van der Waals surface area contributed by atoms with Crippen molar-refractivity contribution in [2.24, 2.45) is 0 Å². The second-order valence-corrected chi connectivity index (χ2v) is 6.32. The van der Waals surface area contributed by atoms with Gasteiger partial charge in [-0.1, -0.05) is 17.7 Å². The Labute approximate surface area is 122 Å². The molecule has 1 fully saturated rings. The minimum atomic E-state index is 0.534. The van der Waals surface area contributed by atoms with Crippen molar-refractivity contribution in [2.75, 3.05) is 5.73 Å². The maximum atomic E-state index is 6.21. The summed E-state index contributed by atoms with van der Waals surface area (Å²) in [4.78, 5) is 8.18. The Balaban J connectivity index is 1.76. The van der Waals surface area contributed by atoms with Gasteiger partial charge in [-0.25, -0.2) is 4.98 Å². The van der Waals surface area contributed by atoms with Crippen LogP contribution in [0, 0.1) is 0 Å². The third-order valence-corrected chi connectivity index (χ3v) is 4.50. The first-order valence-electron chi connectivity index (χ1n) is 6.39. The van der Waals surface area contributed by atoms with Crippen molar-refractivity contribution in [2.45, 2.75) is 32.0 Å². The van der Waals surface area contributed by atoms with Crippen molar-refractivity contribution < 1.29 is 0 Å². The smallest absolute Gasteiger partial charge is 0.123 e. The molecule has 0 atom stereocenters. The minimum Gasteiger partial charge on any atom is -0.384 e. The number of nitrogen functional groups attached to an aromatic ring is 1. The molecule has 2 aromatic heterocycles. The van der Waals surface area contributed by atoms with Gasteiger partial charge in [0.1, 0.15) is 5.82 Å². The summed E-state index contributed by atoms with van der Waals surface area (Å²) < 4.78 is 0. The van der Waals surface area contributed by atoms with E-state index in [0.717, 1.165) is 18.8 Å². The Bertz CT molecular complexity index is 552. The quantitative estimate of drug-likeness (QED) is 0.917. The molecule has 3 nitrogen and oxygen atoms in total. The van der Waals surface area contributed by atoms with Crippen LogP contribution in [0.3, 0.4) is 0 Å². The Hall–Kier alpha value is -1.10. The van der Waals surface area contributed by atoms with Crippen molar-refractivity contribution in [3.05, 3.63) is 45.2 Å². The fourth-order valence-electron chi connectivity index (χ4n) is 2.16. The SMILES string of the molecule is Nc1ccc(Cl)c(CN(Cc2cccs2)C2CC2)n1. The molecule has 2 N–H and O–H groups in total. The van der Waals surface area contributed by atoms with Gasteiger partial charge in [0.15, 0.2) is 0 Å². The molecule has 1 aliphatic carbocycles. The molecule has 0 saturated heterocycles. The fraction of sp³-hybridized carbons (Fsp3) is 0.357. The highest BCUT2D eigenvalue weighted by atomic mass is 35.5. The van der Waals surface area contributed by atoms with Gasteiger partial charge in [0.05, 0.1) is 10.7 Å². The molecule has 0 unspecified atom stereocenters. The van der Waals surface area contributed by atoms with Gasteiger partial charge in [-0.05, 0) is 36.4 Å². The topological polar surface area (TPSA) is 42.1 Å². The third-order valence-electron chi connectivity index (χ3n) is 3.30. The zero-order valence-electron chi connectivity index (χ0n) is 10.6. The van der Waals surface area contributed by atoms with E-state index in [-0.39, 0.29) is 0 Å². The lowest BCUT2D eigenvalue weighted by atomic mass is 10.3. The van der Waals surface area contributed by atoms with Crippen molar-refractivity contribution >= 4 is 28.8 Å². The van der Waals surface area contributed by atoms with E-state index in [1.807, 2.05) is 6.07 Å². The van der Waals surface area contributed by atoms with Gasteiger partial charge in [0.25, 0.3) is 0 Å². The van der Waals surface area contributed by atoms with Crippen LogP contribution in [-0.2, 0) is 13.1 Å². The lowest BCUT2D eigenvalue weighted by Crippen LogP contribution is -2.25. The average Bonchev–Trinajstić information content (AvgIpc) is 3.12. The number of hydrogen-bond donors (Lipinski definition) is 1. The normalized spacial score (nSPS) is 15.1. The second kappa shape index (κ2) is 5.49. The van der Waals surface area contributed by atoms with Crippen molar-refractivity contribution in [3.8, 4) is 0 Å². The molecule has 0 bridgehead atoms. The van der Waals surface area contributed by atoms with Gasteiger partial charge in [0.2, 0.25) is 0 Å². The molecule has 1 aliphatic rings. The number of rotatable bonds is 5. The number of nitrogens with two attached hydrogens (primary N) is 1. The van der Waals surface area contributed by atoms with Gasteiger partial charge < -0.3 is 5.73 Å². The Morgan fingerprint density at radius 3 is 2.84 bits per heavy atom. The number of aromatic nitrogens is 1. The number of nitrogens with zero attached hydrogens (tertiary/aromatic N) is 2. The van der Waals surface area contributed by atoms with Crippen molar-refractivity contribution in [1.29, 1.82) is 0 Å². The number of anilines is 1. The predicted octanol–water partition coefficient (Wildman–Crippen LogP) is 3.54. The largest absolute Gasteiger partial charge is 0.384 e. The molecule has 3 rings (SSSR count). The molecular formula is C14H16ClN3S. The van der Waals surface area contributed by atoms with E-state index in [0.29, 0.717) is 16.9 Å². The minimum absolute atomic E-state index is 0.534. The number of pyridine rings is 1. The maximum absolute atomic E-state index is 6.21. The van der Waals surface area contributed by atoms with Gasteiger partial charge in [-0.2, -0.15) is 0 Å². The summed E-state index contributed by atoms with van der Waals surface area (Å²) >= 11 is 8.00. The first kappa shape index (κ1) is 12.9. The molecule has 0 aliphatic heterocycles. The van der Waals surface area contributed by atoms with E-state index in [2.05, 4.69) is 27.4 Å². The van der Waals surface area contributed by atoms with Crippen molar-refractivity contribution in [1.82, 2.24) is 9.88 Å². The molecule has 0 spiro atoms. The van der Waals surface area contributed by atoms with E-state index < -0.39 is 0 Å². The highest BCUT2D eigenvalue weighted by molar-refractivity contribution is 7.09. The molecule has 1 saturated carbocycles. The highest BCUT2D eigenvalue weighted by Gasteiger charge is 2.29. The summed E-state index contributed by atoms with van der Waals surface area (Å²) in [6, 6.07) is 8.51. The molecule has 2 heterocycles. The van der Waals surface area contributed by atoms with Gasteiger partial charge in [-0.15, -0.1) is 11.3 Å². The van der Waals surface area contributed by atoms with Gasteiger partial charge in [0, 0.05) is 24.0 Å². The summed E-state index contributed by atoms with van der Waals surface area (Å²) in [5.41, 5.74) is 6.62. The monoisotopic (exact) mass is 293 g/mol. The van der Waals surface area contributed by atoms with Gasteiger partial charge in [-0.3, -0.25) is 4.90 Å². The number of halogens is 1. The van der Waals surface area contributed by atoms with Crippen LogP contribution in [0.1, 0.15) is 23.4 Å². The van der Waals surface area contributed by atoms with E-state index in [1.165, 1.54) is 17.7 Å². The highest BCUT2D eigenvalue weighted by Crippen LogP contribution is 2.31. The summed E-state index contributed by atoms with van der Waals surface area (Å²) in [7, 11) is 0. The van der Waals surface area contributed by atoms with E-state index in [4.69, 9.17) is 17.3 Å². The Kier molecular flexibility index (Phi) is 3.73. The van der Waals surface area contributed by atoms with Crippen LogP contribution in [0.4, 0.5) is 5.82 Å². The average molecular weight is 294 g/mol. The first-order chi connectivity index (χ1) is 9.22. The van der Waals surface area contributed by atoms with Crippen LogP contribution in [0.5, 0.6) is 0 Å². The Morgan fingerprint density at radius 1 is 1.32 bits per heavy atom. The van der Waals surface area contributed by atoms with E-state index in [9.17, 15) is 0 Å². The summed E-state index contributed by atoms with van der Waals surface area (Å²) in [6.45, 7) is 1.74. The molecule has 0 radical (unpaired) electrons. The van der Waals surface area contributed by atoms with E-state index >= 15 is 0 Å². The first-order valence-corrected chi connectivity index (χ1v) is 7.65. The maximum Gasteiger partial charge on any atom is 0.123 e. The van der Waals surface area contributed by atoms with Crippen LogP contribution in [0.25, 0.3) is 0 Å². The second-order valence-electron chi connectivity index (χ2n) is 4.88. The third kappa shape index (κ3) is 3.26. The summed E-state index contributed by atoms with van der Waals surface area (Å²) in [6.07, 6.45) is 2.54. The van der Waals surface area contributed by atoms with Crippen LogP contribution in [0.15, 0.2) is 29.6 Å².